The lowest BCUT2D eigenvalue weighted by molar-refractivity contribution is 0.477. The Labute approximate surface area is 90.9 Å². The van der Waals surface area contributed by atoms with Gasteiger partial charge in [0, 0.05) is 16.7 Å². The zero-order chi connectivity index (χ0) is 11.4. The molecule has 0 amide bonds. The fourth-order valence-electron chi connectivity index (χ4n) is 1.28. The standard InChI is InChI=1S/C10H7N5O/c11-15-14-10-12-6-5-8(13-10)7-3-1-2-4-9(7)16/h1-6,16H. The molecule has 6 heteroatoms. The van der Waals surface area contributed by atoms with Crippen LogP contribution in [0.25, 0.3) is 21.7 Å². The summed E-state index contributed by atoms with van der Waals surface area (Å²) in [6, 6.07) is 8.41. The number of hydrogen-bond donors (Lipinski definition) is 1. The molecule has 16 heavy (non-hydrogen) atoms. The van der Waals surface area contributed by atoms with Crippen molar-refractivity contribution in [1.82, 2.24) is 9.97 Å². The Morgan fingerprint density at radius 2 is 2.06 bits per heavy atom. The molecule has 0 fully saturated rings. The van der Waals surface area contributed by atoms with Gasteiger partial charge in [-0.1, -0.05) is 12.1 Å². The molecule has 0 aliphatic heterocycles. The molecule has 0 saturated carbocycles. The first-order valence-electron chi connectivity index (χ1n) is 4.48. The number of aromatic nitrogens is 2. The predicted molar refractivity (Wildman–Crippen MR) is 57.9 cm³/mol. The first-order chi connectivity index (χ1) is 7.81. The molecule has 0 unspecified atom stereocenters. The van der Waals surface area contributed by atoms with E-state index in [2.05, 4.69) is 20.0 Å². The highest BCUT2D eigenvalue weighted by molar-refractivity contribution is 5.66. The Hall–Kier alpha value is -2.59. The average molecular weight is 213 g/mol. The van der Waals surface area contributed by atoms with E-state index >= 15 is 0 Å². The van der Waals surface area contributed by atoms with Gasteiger partial charge in [0.15, 0.2) is 0 Å². The molecule has 78 valence electrons. The van der Waals surface area contributed by atoms with E-state index in [0.717, 1.165) is 0 Å². The van der Waals surface area contributed by atoms with Crippen molar-refractivity contribution in [3.05, 3.63) is 47.0 Å². The summed E-state index contributed by atoms with van der Waals surface area (Å²) in [7, 11) is 0. The lowest BCUT2D eigenvalue weighted by atomic mass is 10.1. The van der Waals surface area contributed by atoms with E-state index in [0.29, 0.717) is 11.3 Å². The quantitative estimate of drug-likeness (QED) is 0.472. The van der Waals surface area contributed by atoms with Crippen LogP contribution < -0.4 is 0 Å². The number of nitrogens with zero attached hydrogens (tertiary/aromatic N) is 5. The molecule has 0 aliphatic rings. The van der Waals surface area contributed by atoms with Gasteiger partial charge in [-0.2, -0.15) is 0 Å². The highest BCUT2D eigenvalue weighted by atomic mass is 16.3. The number of azide groups is 1. The van der Waals surface area contributed by atoms with E-state index in [9.17, 15) is 5.11 Å². The Kier molecular flexibility index (Phi) is 2.67. The molecule has 1 aromatic carbocycles. The van der Waals surface area contributed by atoms with Crippen LogP contribution in [0.15, 0.2) is 41.6 Å². The third-order valence-corrected chi connectivity index (χ3v) is 1.96. The number of benzene rings is 1. The van der Waals surface area contributed by atoms with Crippen molar-refractivity contribution in [1.29, 1.82) is 0 Å². The molecule has 0 saturated heterocycles. The van der Waals surface area contributed by atoms with Gasteiger partial charge >= 0.3 is 0 Å². The summed E-state index contributed by atoms with van der Waals surface area (Å²) in [6.07, 6.45) is 1.47. The molecular weight excluding hydrogens is 206 g/mol. The second-order valence-electron chi connectivity index (χ2n) is 2.95. The summed E-state index contributed by atoms with van der Waals surface area (Å²) in [5.41, 5.74) is 9.34. The molecule has 0 aliphatic carbocycles. The number of rotatable bonds is 2. The van der Waals surface area contributed by atoms with Crippen molar-refractivity contribution in [3.63, 3.8) is 0 Å². The summed E-state index contributed by atoms with van der Waals surface area (Å²) < 4.78 is 0. The van der Waals surface area contributed by atoms with Crippen LogP contribution in [-0.4, -0.2) is 15.1 Å². The lowest BCUT2D eigenvalue weighted by Crippen LogP contribution is -1.85. The topological polar surface area (TPSA) is 94.8 Å². The fraction of sp³-hybridized carbons (Fsp3) is 0. The first kappa shape index (κ1) is 9.95. The zero-order valence-corrected chi connectivity index (χ0v) is 8.15. The molecule has 2 aromatic rings. The second kappa shape index (κ2) is 4.29. The fourth-order valence-corrected chi connectivity index (χ4v) is 1.28. The van der Waals surface area contributed by atoms with Gasteiger partial charge in [-0.15, -0.1) is 0 Å². The molecule has 0 radical (unpaired) electrons. The molecule has 0 spiro atoms. The predicted octanol–water partition coefficient (Wildman–Crippen LogP) is 2.79. The van der Waals surface area contributed by atoms with Gasteiger partial charge in [-0.05, 0) is 28.8 Å². The number of phenolic OH excluding ortho intramolecular Hbond substituents is 1. The van der Waals surface area contributed by atoms with E-state index in [-0.39, 0.29) is 11.7 Å². The van der Waals surface area contributed by atoms with E-state index in [1.165, 1.54) is 6.20 Å². The molecule has 0 atom stereocenters. The maximum absolute atomic E-state index is 9.62. The minimum Gasteiger partial charge on any atom is -0.507 e. The van der Waals surface area contributed by atoms with Gasteiger partial charge in [0.1, 0.15) is 5.75 Å². The molecular formula is C10H7N5O. The van der Waals surface area contributed by atoms with Crippen LogP contribution in [0, 0.1) is 0 Å². The van der Waals surface area contributed by atoms with Crippen LogP contribution in [-0.2, 0) is 0 Å². The number of phenols is 1. The molecule has 1 aromatic heterocycles. The van der Waals surface area contributed by atoms with Crippen molar-refractivity contribution in [2.24, 2.45) is 5.11 Å². The minimum absolute atomic E-state index is 0.0308. The SMILES string of the molecule is [N-]=[N+]=Nc1nccc(-c2ccccc2O)n1. The van der Waals surface area contributed by atoms with Gasteiger partial charge in [-0.3, -0.25) is 0 Å². The largest absolute Gasteiger partial charge is 0.507 e. The lowest BCUT2D eigenvalue weighted by Gasteiger charge is -2.02. The monoisotopic (exact) mass is 213 g/mol. The maximum atomic E-state index is 9.62. The van der Waals surface area contributed by atoms with Gasteiger partial charge < -0.3 is 5.11 Å². The van der Waals surface area contributed by atoms with Crippen LogP contribution in [0.3, 0.4) is 0 Å². The van der Waals surface area contributed by atoms with E-state index in [1.54, 1.807) is 30.3 Å². The maximum Gasteiger partial charge on any atom is 0.217 e. The summed E-state index contributed by atoms with van der Waals surface area (Å²) in [4.78, 5) is 10.4. The number of para-hydroxylation sites is 1. The van der Waals surface area contributed by atoms with Crippen molar-refractivity contribution < 1.29 is 5.11 Å². The smallest absolute Gasteiger partial charge is 0.217 e. The van der Waals surface area contributed by atoms with Crippen LogP contribution in [0.2, 0.25) is 0 Å². The van der Waals surface area contributed by atoms with E-state index < -0.39 is 0 Å². The van der Waals surface area contributed by atoms with Gasteiger partial charge in [0.2, 0.25) is 5.95 Å². The van der Waals surface area contributed by atoms with Crippen LogP contribution in [0.1, 0.15) is 0 Å². The van der Waals surface area contributed by atoms with Crippen molar-refractivity contribution in [2.75, 3.05) is 0 Å². The van der Waals surface area contributed by atoms with E-state index in [1.807, 2.05) is 0 Å². The molecule has 1 heterocycles. The van der Waals surface area contributed by atoms with Gasteiger partial charge in [0.05, 0.1) is 5.69 Å². The second-order valence-corrected chi connectivity index (χ2v) is 2.95. The molecule has 0 bridgehead atoms. The Balaban J connectivity index is 2.52. The Bertz CT molecular complexity index is 563. The summed E-state index contributed by atoms with van der Waals surface area (Å²) in [5, 5.41) is 12.9. The normalized spacial score (nSPS) is 9.50. The Morgan fingerprint density at radius 3 is 2.81 bits per heavy atom. The summed E-state index contributed by atoms with van der Waals surface area (Å²) >= 11 is 0. The summed E-state index contributed by atoms with van der Waals surface area (Å²) in [6.45, 7) is 0. The third-order valence-electron chi connectivity index (χ3n) is 1.96. The zero-order valence-electron chi connectivity index (χ0n) is 8.15. The number of hydrogen-bond acceptors (Lipinski definition) is 4. The van der Waals surface area contributed by atoms with Gasteiger partial charge in [0.25, 0.3) is 0 Å². The number of aromatic hydroxyl groups is 1. The first-order valence-corrected chi connectivity index (χ1v) is 4.48. The molecule has 1 N–H and O–H groups in total. The average Bonchev–Trinajstić information content (AvgIpc) is 2.30. The van der Waals surface area contributed by atoms with Crippen LogP contribution in [0.5, 0.6) is 5.75 Å². The minimum atomic E-state index is 0.0308. The Morgan fingerprint density at radius 1 is 1.25 bits per heavy atom. The third kappa shape index (κ3) is 1.92. The highest BCUT2D eigenvalue weighted by Crippen LogP contribution is 2.27. The van der Waals surface area contributed by atoms with Crippen LogP contribution in [0.4, 0.5) is 5.95 Å². The van der Waals surface area contributed by atoms with Crippen molar-refractivity contribution in [3.8, 4) is 17.0 Å². The van der Waals surface area contributed by atoms with E-state index in [4.69, 9.17) is 5.53 Å². The molecule has 2 rings (SSSR count). The highest BCUT2D eigenvalue weighted by Gasteiger charge is 2.05. The molecule has 6 nitrogen and oxygen atoms in total. The van der Waals surface area contributed by atoms with Crippen molar-refractivity contribution >= 4 is 5.95 Å². The van der Waals surface area contributed by atoms with Gasteiger partial charge in [-0.25, -0.2) is 9.97 Å². The van der Waals surface area contributed by atoms with Crippen LogP contribution >= 0.6 is 0 Å². The van der Waals surface area contributed by atoms with Crippen molar-refractivity contribution in [2.45, 2.75) is 0 Å². The summed E-state index contributed by atoms with van der Waals surface area (Å²) in [5.74, 6) is 0.149.